The molecule has 1 saturated carbocycles. The maximum atomic E-state index is 6.27. The maximum absolute atomic E-state index is 6.27. The largest absolute Gasteiger partial charge is 0.496 e. The summed E-state index contributed by atoms with van der Waals surface area (Å²) in [5.74, 6) is 1.69. The molecule has 0 saturated heterocycles. The van der Waals surface area contributed by atoms with Gasteiger partial charge in [0, 0.05) is 6.04 Å². The van der Waals surface area contributed by atoms with E-state index in [4.69, 9.17) is 10.5 Å². The minimum atomic E-state index is 0.153. The number of halogens is 1. The molecule has 2 rings (SSSR count). The molecule has 2 N–H and O–H groups in total. The van der Waals surface area contributed by atoms with Crippen molar-refractivity contribution in [3.8, 4) is 5.75 Å². The molecule has 1 fully saturated rings. The lowest BCUT2D eigenvalue weighted by Crippen LogP contribution is -2.14. The van der Waals surface area contributed by atoms with Crippen LogP contribution in [0.5, 0.6) is 5.75 Å². The number of rotatable bonds is 4. The molecule has 1 aliphatic rings. The van der Waals surface area contributed by atoms with E-state index in [2.05, 4.69) is 28.1 Å². The van der Waals surface area contributed by atoms with Gasteiger partial charge in [0.2, 0.25) is 0 Å². The molecule has 1 aliphatic carbocycles. The fourth-order valence-corrected chi connectivity index (χ4v) is 3.21. The summed E-state index contributed by atoms with van der Waals surface area (Å²) >= 11 is 3.51. The standard InChI is InChI=1S/C14H20BrNO/c1-17-14-7-6-11(9-12(14)15)13(16)8-10-4-2-3-5-10/h6-7,9-10,13H,2-5,8,16H2,1H3. The monoisotopic (exact) mass is 297 g/mol. The molecular weight excluding hydrogens is 278 g/mol. The molecule has 0 heterocycles. The van der Waals surface area contributed by atoms with Crippen molar-refractivity contribution in [3.05, 3.63) is 28.2 Å². The highest BCUT2D eigenvalue weighted by molar-refractivity contribution is 9.10. The smallest absolute Gasteiger partial charge is 0.133 e. The third kappa shape index (κ3) is 3.23. The van der Waals surface area contributed by atoms with E-state index >= 15 is 0 Å². The van der Waals surface area contributed by atoms with E-state index in [1.165, 1.54) is 31.2 Å². The first kappa shape index (κ1) is 12.9. The van der Waals surface area contributed by atoms with Gasteiger partial charge in [-0.1, -0.05) is 31.7 Å². The SMILES string of the molecule is COc1ccc(C(N)CC2CCCC2)cc1Br. The van der Waals surface area contributed by atoms with Crippen molar-refractivity contribution in [1.29, 1.82) is 0 Å². The Balaban J connectivity index is 2.02. The molecule has 2 nitrogen and oxygen atoms in total. The van der Waals surface area contributed by atoms with Crippen LogP contribution in [-0.4, -0.2) is 7.11 Å². The van der Waals surface area contributed by atoms with Crippen LogP contribution in [0, 0.1) is 5.92 Å². The number of benzene rings is 1. The molecule has 17 heavy (non-hydrogen) atoms. The molecule has 94 valence electrons. The number of methoxy groups -OCH3 is 1. The Labute approximate surface area is 112 Å². The quantitative estimate of drug-likeness (QED) is 0.910. The Bertz CT molecular complexity index is 374. The van der Waals surface area contributed by atoms with Gasteiger partial charge in [-0.05, 0) is 46.0 Å². The summed E-state index contributed by atoms with van der Waals surface area (Å²) in [6.45, 7) is 0. The lowest BCUT2D eigenvalue weighted by atomic mass is 9.94. The summed E-state index contributed by atoms with van der Waals surface area (Å²) in [4.78, 5) is 0. The average molecular weight is 298 g/mol. The van der Waals surface area contributed by atoms with Gasteiger partial charge in [0.05, 0.1) is 11.6 Å². The summed E-state index contributed by atoms with van der Waals surface area (Å²) < 4.78 is 6.21. The van der Waals surface area contributed by atoms with Crippen molar-refractivity contribution in [2.24, 2.45) is 11.7 Å². The Morgan fingerprint density at radius 1 is 1.41 bits per heavy atom. The predicted octanol–water partition coefficient (Wildman–Crippen LogP) is 4.04. The second-order valence-electron chi connectivity index (χ2n) is 4.89. The van der Waals surface area contributed by atoms with Gasteiger partial charge in [0.15, 0.2) is 0 Å². The zero-order valence-corrected chi connectivity index (χ0v) is 11.9. The second kappa shape index (κ2) is 5.87. The molecule has 0 aliphatic heterocycles. The van der Waals surface area contributed by atoms with Gasteiger partial charge in [-0.2, -0.15) is 0 Å². The first-order valence-electron chi connectivity index (χ1n) is 6.29. The highest BCUT2D eigenvalue weighted by atomic mass is 79.9. The number of hydrogen-bond donors (Lipinski definition) is 1. The summed E-state index contributed by atoms with van der Waals surface area (Å²) in [5, 5.41) is 0. The Kier molecular flexibility index (Phi) is 4.46. The molecule has 0 amide bonds. The lowest BCUT2D eigenvalue weighted by Gasteiger charge is -2.17. The van der Waals surface area contributed by atoms with E-state index in [9.17, 15) is 0 Å². The van der Waals surface area contributed by atoms with Crippen LogP contribution in [0.2, 0.25) is 0 Å². The Morgan fingerprint density at radius 3 is 2.71 bits per heavy atom. The fourth-order valence-electron chi connectivity index (χ4n) is 2.65. The molecule has 0 aromatic heterocycles. The van der Waals surface area contributed by atoms with E-state index in [1.807, 2.05) is 6.07 Å². The molecule has 1 atom stereocenters. The molecule has 0 radical (unpaired) electrons. The van der Waals surface area contributed by atoms with Crippen molar-refractivity contribution in [3.63, 3.8) is 0 Å². The Hall–Kier alpha value is -0.540. The minimum absolute atomic E-state index is 0.153. The van der Waals surface area contributed by atoms with E-state index in [0.717, 1.165) is 22.6 Å². The van der Waals surface area contributed by atoms with Crippen molar-refractivity contribution in [1.82, 2.24) is 0 Å². The summed E-state index contributed by atoms with van der Waals surface area (Å²) in [6, 6.07) is 6.29. The van der Waals surface area contributed by atoms with Crippen molar-refractivity contribution >= 4 is 15.9 Å². The summed E-state index contributed by atoms with van der Waals surface area (Å²) in [6.07, 6.45) is 6.57. The van der Waals surface area contributed by atoms with Crippen LogP contribution in [0.3, 0.4) is 0 Å². The van der Waals surface area contributed by atoms with Gasteiger partial charge < -0.3 is 10.5 Å². The van der Waals surface area contributed by atoms with Gasteiger partial charge in [-0.15, -0.1) is 0 Å². The van der Waals surface area contributed by atoms with Crippen LogP contribution in [-0.2, 0) is 0 Å². The molecule has 3 heteroatoms. The van der Waals surface area contributed by atoms with Crippen LogP contribution in [0.4, 0.5) is 0 Å². The average Bonchev–Trinajstić information content (AvgIpc) is 2.81. The third-order valence-corrected chi connectivity index (χ3v) is 4.29. The number of nitrogens with two attached hydrogens (primary N) is 1. The van der Waals surface area contributed by atoms with Gasteiger partial charge in [0.1, 0.15) is 5.75 Å². The summed E-state index contributed by atoms with van der Waals surface area (Å²) in [7, 11) is 1.68. The van der Waals surface area contributed by atoms with Gasteiger partial charge in [-0.3, -0.25) is 0 Å². The predicted molar refractivity (Wildman–Crippen MR) is 74.2 cm³/mol. The van der Waals surface area contributed by atoms with Crippen LogP contribution < -0.4 is 10.5 Å². The second-order valence-corrected chi connectivity index (χ2v) is 5.74. The zero-order valence-electron chi connectivity index (χ0n) is 10.3. The first-order valence-corrected chi connectivity index (χ1v) is 7.09. The third-order valence-electron chi connectivity index (χ3n) is 3.67. The first-order chi connectivity index (χ1) is 8.20. The minimum Gasteiger partial charge on any atom is -0.496 e. The van der Waals surface area contributed by atoms with Crippen LogP contribution >= 0.6 is 15.9 Å². The highest BCUT2D eigenvalue weighted by Gasteiger charge is 2.19. The molecule has 1 unspecified atom stereocenters. The topological polar surface area (TPSA) is 35.2 Å². The fraction of sp³-hybridized carbons (Fsp3) is 0.571. The number of hydrogen-bond acceptors (Lipinski definition) is 2. The Morgan fingerprint density at radius 2 is 2.12 bits per heavy atom. The van der Waals surface area contributed by atoms with Crippen molar-refractivity contribution in [2.75, 3.05) is 7.11 Å². The van der Waals surface area contributed by atoms with E-state index in [1.54, 1.807) is 7.11 Å². The van der Waals surface area contributed by atoms with Gasteiger partial charge in [0.25, 0.3) is 0 Å². The van der Waals surface area contributed by atoms with Crippen molar-refractivity contribution in [2.45, 2.75) is 38.1 Å². The molecule has 0 bridgehead atoms. The zero-order chi connectivity index (χ0) is 12.3. The van der Waals surface area contributed by atoms with Crippen molar-refractivity contribution < 1.29 is 4.74 Å². The molecular formula is C14H20BrNO. The normalized spacial score (nSPS) is 18.3. The lowest BCUT2D eigenvalue weighted by molar-refractivity contribution is 0.411. The highest BCUT2D eigenvalue weighted by Crippen LogP contribution is 2.34. The van der Waals surface area contributed by atoms with E-state index < -0.39 is 0 Å². The van der Waals surface area contributed by atoms with Crippen LogP contribution in [0.25, 0.3) is 0 Å². The van der Waals surface area contributed by atoms with Crippen LogP contribution in [0.1, 0.15) is 43.7 Å². The molecule has 0 spiro atoms. The van der Waals surface area contributed by atoms with E-state index in [0.29, 0.717) is 0 Å². The van der Waals surface area contributed by atoms with Gasteiger partial charge in [-0.25, -0.2) is 0 Å². The van der Waals surface area contributed by atoms with E-state index in [-0.39, 0.29) is 6.04 Å². The van der Waals surface area contributed by atoms with Gasteiger partial charge >= 0.3 is 0 Å². The molecule has 1 aromatic rings. The summed E-state index contributed by atoms with van der Waals surface area (Å²) in [5.41, 5.74) is 7.47. The van der Waals surface area contributed by atoms with Crippen LogP contribution in [0.15, 0.2) is 22.7 Å². The number of ether oxygens (including phenoxy) is 1. The molecule has 1 aromatic carbocycles. The maximum Gasteiger partial charge on any atom is 0.133 e.